The van der Waals surface area contributed by atoms with Crippen LogP contribution in [0, 0.1) is 5.92 Å². The maximum absolute atomic E-state index is 12.6. The summed E-state index contributed by atoms with van der Waals surface area (Å²) >= 11 is 0. The SMILES string of the molecule is CC(C)C(NC(=O)C(CO)NC(=O)CN)C(=O)NC(Cc1cnc[nH]1)C(=O)O. The van der Waals surface area contributed by atoms with Crippen molar-refractivity contribution in [3.8, 4) is 0 Å². The van der Waals surface area contributed by atoms with E-state index in [2.05, 4.69) is 25.9 Å². The number of aliphatic carboxylic acids is 1. The molecule has 12 nitrogen and oxygen atoms in total. The molecule has 0 fully saturated rings. The molecule has 1 heterocycles. The van der Waals surface area contributed by atoms with Crippen LogP contribution in [0.4, 0.5) is 0 Å². The number of rotatable bonds is 11. The van der Waals surface area contributed by atoms with Gasteiger partial charge in [-0.05, 0) is 5.92 Å². The van der Waals surface area contributed by atoms with Crippen LogP contribution in [0.2, 0.25) is 0 Å². The molecule has 0 saturated heterocycles. The fraction of sp³-hybridized carbons (Fsp3) is 0.562. The molecular formula is C16H26N6O6. The van der Waals surface area contributed by atoms with Gasteiger partial charge in [0.2, 0.25) is 17.7 Å². The Morgan fingerprint density at radius 3 is 2.29 bits per heavy atom. The summed E-state index contributed by atoms with van der Waals surface area (Å²) in [7, 11) is 0. The minimum absolute atomic E-state index is 0.0222. The first kappa shape index (κ1) is 23.0. The molecule has 156 valence electrons. The molecule has 0 bridgehead atoms. The first-order valence-electron chi connectivity index (χ1n) is 8.60. The van der Waals surface area contributed by atoms with E-state index >= 15 is 0 Å². The van der Waals surface area contributed by atoms with E-state index in [1.165, 1.54) is 12.5 Å². The van der Waals surface area contributed by atoms with Gasteiger partial charge >= 0.3 is 5.97 Å². The van der Waals surface area contributed by atoms with Gasteiger partial charge in [0.1, 0.15) is 18.1 Å². The number of H-pyrrole nitrogens is 1. The van der Waals surface area contributed by atoms with E-state index in [0.29, 0.717) is 5.69 Å². The number of hydrogen-bond donors (Lipinski definition) is 7. The molecule has 0 aromatic carbocycles. The summed E-state index contributed by atoms with van der Waals surface area (Å²) in [5, 5.41) is 25.7. The number of nitrogens with one attached hydrogen (secondary N) is 4. The maximum Gasteiger partial charge on any atom is 0.326 e. The summed E-state index contributed by atoms with van der Waals surface area (Å²) in [6.45, 7) is 2.25. The van der Waals surface area contributed by atoms with Gasteiger partial charge in [-0.15, -0.1) is 0 Å². The van der Waals surface area contributed by atoms with Gasteiger partial charge in [0.25, 0.3) is 0 Å². The Kier molecular flexibility index (Phi) is 9.05. The zero-order valence-corrected chi connectivity index (χ0v) is 15.6. The fourth-order valence-corrected chi connectivity index (χ4v) is 2.31. The number of carboxylic acid groups (broad SMARTS) is 1. The normalized spacial score (nSPS) is 14.0. The lowest BCUT2D eigenvalue weighted by atomic mass is 10.0. The third-order valence-corrected chi connectivity index (χ3v) is 3.86. The zero-order valence-electron chi connectivity index (χ0n) is 15.6. The number of carboxylic acids is 1. The highest BCUT2D eigenvalue weighted by Gasteiger charge is 2.31. The van der Waals surface area contributed by atoms with Crippen molar-refractivity contribution in [1.82, 2.24) is 25.9 Å². The molecule has 1 aromatic heterocycles. The lowest BCUT2D eigenvalue weighted by Gasteiger charge is -2.26. The van der Waals surface area contributed by atoms with Crippen molar-refractivity contribution in [3.05, 3.63) is 18.2 Å². The first-order chi connectivity index (χ1) is 13.2. The van der Waals surface area contributed by atoms with E-state index in [1.54, 1.807) is 13.8 Å². The number of nitrogens with two attached hydrogens (primary N) is 1. The Morgan fingerprint density at radius 1 is 1.14 bits per heavy atom. The number of imidazole rings is 1. The topological polar surface area (TPSA) is 200 Å². The van der Waals surface area contributed by atoms with Crippen LogP contribution in [0.25, 0.3) is 0 Å². The molecular weight excluding hydrogens is 372 g/mol. The third kappa shape index (κ3) is 6.96. The zero-order chi connectivity index (χ0) is 21.3. The number of aromatic nitrogens is 2. The Balaban J connectivity index is 2.82. The molecule has 8 N–H and O–H groups in total. The number of carbonyl (C=O) groups is 4. The van der Waals surface area contributed by atoms with Crippen LogP contribution in [0.1, 0.15) is 19.5 Å². The quantitative estimate of drug-likeness (QED) is 0.206. The van der Waals surface area contributed by atoms with Crippen molar-refractivity contribution in [2.24, 2.45) is 11.7 Å². The summed E-state index contributed by atoms with van der Waals surface area (Å²) in [4.78, 5) is 54.2. The average Bonchev–Trinajstić information content (AvgIpc) is 3.15. The van der Waals surface area contributed by atoms with Crippen LogP contribution in [0.3, 0.4) is 0 Å². The molecule has 3 unspecified atom stereocenters. The monoisotopic (exact) mass is 398 g/mol. The highest BCUT2D eigenvalue weighted by atomic mass is 16.4. The van der Waals surface area contributed by atoms with Crippen molar-refractivity contribution in [2.45, 2.75) is 38.4 Å². The molecule has 0 aliphatic heterocycles. The number of nitrogens with zero attached hydrogens (tertiary/aromatic N) is 1. The van der Waals surface area contributed by atoms with Crippen molar-refractivity contribution in [1.29, 1.82) is 0 Å². The van der Waals surface area contributed by atoms with Crippen LogP contribution in [0.5, 0.6) is 0 Å². The fourth-order valence-electron chi connectivity index (χ4n) is 2.31. The number of hydrogen-bond acceptors (Lipinski definition) is 7. The number of amides is 3. The van der Waals surface area contributed by atoms with E-state index in [4.69, 9.17) is 5.73 Å². The largest absolute Gasteiger partial charge is 0.480 e. The summed E-state index contributed by atoms with van der Waals surface area (Å²) in [5.74, 6) is -3.80. The van der Waals surface area contributed by atoms with Gasteiger partial charge in [0, 0.05) is 18.3 Å². The minimum Gasteiger partial charge on any atom is -0.480 e. The smallest absolute Gasteiger partial charge is 0.326 e. The second-order valence-corrected chi connectivity index (χ2v) is 6.42. The van der Waals surface area contributed by atoms with Crippen molar-refractivity contribution >= 4 is 23.7 Å². The van der Waals surface area contributed by atoms with Gasteiger partial charge < -0.3 is 36.9 Å². The highest BCUT2D eigenvalue weighted by Crippen LogP contribution is 2.05. The van der Waals surface area contributed by atoms with E-state index in [-0.39, 0.29) is 13.0 Å². The number of carbonyl (C=O) groups excluding carboxylic acids is 3. The summed E-state index contributed by atoms with van der Waals surface area (Å²) < 4.78 is 0. The van der Waals surface area contributed by atoms with E-state index < -0.39 is 54.3 Å². The number of aliphatic hydroxyl groups is 1. The van der Waals surface area contributed by atoms with Gasteiger partial charge in [-0.25, -0.2) is 9.78 Å². The molecule has 28 heavy (non-hydrogen) atoms. The van der Waals surface area contributed by atoms with E-state index in [0.717, 1.165) is 0 Å². The molecule has 0 aliphatic carbocycles. The van der Waals surface area contributed by atoms with Gasteiger partial charge in [-0.1, -0.05) is 13.8 Å². The first-order valence-corrected chi connectivity index (χ1v) is 8.60. The van der Waals surface area contributed by atoms with E-state index in [9.17, 15) is 29.4 Å². The van der Waals surface area contributed by atoms with Crippen molar-refractivity contribution in [3.63, 3.8) is 0 Å². The standard InChI is InChI=1S/C16H26N6O6/c1-8(2)13(22-14(25)11(6-23)20-12(24)4-17)15(26)21-10(16(27)28)3-9-5-18-7-19-9/h5,7-8,10-11,13,23H,3-4,6,17H2,1-2H3,(H,18,19)(H,20,24)(H,21,26)(H,22,25)(H,27,28). The summed E-state index contributed by atoms with van der Waals surface area (Å²) in [5.41, 5.74) is 5.68. The third-order valence-electron chi connectivity index (χ3n) is 3.86. The van der Waals surface area contributed by atoms with E-state index in [1.807, 2.05) is 0 Å². The lowest BCUT2D eigenvalue weighted by Crippen LogP contribution is -2.58. The molecule has 0 spiro atoms. The van der Waals surface area contributed by atoms with Crippen molar-refractivity contribution < 1.29 is 29.4 Å². The highest BCUT2D eigenvalue weighted by molar-refractivity contribution is 5.93. The summed E-state index contributed by atoms with van der Waals surface area (Å²) in [6, 6.07) is -3.61. The van der Waals surface area contributed by atoms with Crippen molar-refractivity contribution in [2.75, 3.05) is 13.2 Å². The molecule has 0 aliphatic rings. The average molecular weight is 398 g/mol. The molecule has 0 saturated carbocycles. The molecule has 3 atom stereocenters. The van der Waals surface area contributed by atoms with Crippen LogP contribution in [0.15, 0.2) is 12.5 Å². The number of aromatic amines is 1. The second-order valence-electron chi connectivity index (χ2n) is 6.42. The molecule has 1 rings (SSSR count). The minimum atomic E-state index is -1.29. The molecule has 3 amide bonds. The van der Waals surface area contributed by atoms with Crippen LogP contribution in [-0.4, -0.2) is 75.1 Å². The van der Waals surface area contributed by atoms with Crippen LogP contribution < -0.4 is 21.7 Å². The van der Waals surface area contributed by atoms with Gasteiger partial charge in [0.05, 0.1) is 19.5 Å². The second kappa shape index (κ2) is 11.0. The predicted molar refractivity (Wildman–Crippen MR) is 96.7 cm³/mol. The van der Waals surface area contributed by atoms with Gasteiger partial charge in [-0.3, -0.25) is 14.4 Å². The Labute approximate surface area is 161 Å². The molecule has 1 aromatic rings. The van der Waals surface area contributed by atoms with Crippen LogP contribution >= 0.6 is 0 Å². The van der Waals surface area contributed by atoms with Gasteiger partial charge in [0.15, 0.2) is 0 Å². The van der Waals surface area contributed by atoms with Crippen LogP contribution in [-0.2, 0) is 25.6 Å². The lowest BCUT2D eigenvalue weighted by molar-refractivity contribution is -0.142. The molecule has 0 radical (unpaired) electrons. The maximum atomic E-state index is 12.6. The Bertz CT molecular complexity index is 677. The number of aliphatic hydroxyl groups excluding tert-OH is 1. The molecule has 12 heteroatoms. The predicted octanol–water partition coefficient (Wildman–Crippen LogP) is -2.90. The summed E-state index contributed by atoms with van der Waals surface area (Å²) in [6.07, 6.45) is 2.80. The van der Waals surface area contributed by atoms with Gasteiger partial charge in [-0.2, -0.15) is 0 Å². The Hall–Kier alpha value is -2.99. The Morgan fingerprint density at radius 2 is 1.82 bits per heavy atom.